The third-order valence-corrected chi connectivity index (χ3v) is 13.6. The lowest BCUT2D eigenvalue weighted by Gasteiger charge is -2.30. The van der Waals surface area contributed by atoms with E-state index in [-0.39, 0.29) is 0 Å². The third kappa shape index (κ3) is 6.79. The number of fused-ring (bicyclic) bond motifs is 10. The summed E-state index contributed by atoms with van der Waals surface area (Å²) < 4.78 is 0. The van der Waals surface area contributed by atoms with Crippen molar-refractivity contribution in [2.75, 3.05) is 0 Å². The van der Waals surface area contributed by atoms with Crippen LogP contribution in [0.5, 0.6) is 0 Å². The Morgan fingerprint density at radius 3 is 1.22 bits per heavy atom. The van der Waals surface area contributed by atoms with Gasteiger partial charge in [0.1, 0.15) is 0 Å². The molecule has 2 aliphatic carbocycles. The number of allylic oxidation sites excluding steroid dienone is 5. The molecule has 9 aromatic carbocycles. The lowest BCUT2D eigenvalue weighted by molar-refractivity contribution is 0.794. The van der Waals surface area contributed by atoms with Gasteiger partial charge in [0.05, 0.1) is 5.41 Å². The van der Waals surface area contributed by atoms with E-state index in [1.165, 1.54) is 44.5 Å². The summed E-state index contributed by atoms with van der Waals surface area (Å²) in [5, 5.41) is 0. The Bertz CT molecular complexity index is 3520. The van der Waals surface area contributed by atoms with E-state index in [9.17, 15) is 0 Å². The van der Waals surface area contributed by atoms with Gasteiger partial charge in [0.25, 0.3) is 0 Å². The maximum atomic E-state index is 5.49. The number of rotatable bonds is 9. The van der Waals surface area contributed by atoms with Gasteiger partial charge >= 0.3 is 0 Å². The van der Waals surface area contributed by atoms with Gasteiger partial charge in [0, 0.05) is 16.7 Å². The van der Waals surface area contributed by atoms with Crippen LogP contribution in [0.25, 0.3) is 95.4 Å². The summed E-state index contributed by atoms with van der Waals surface area (Å²) in [6.07, 6.45) is 8.08. The first-order valence-electron chi connectivity index (χ1n) is 23.2. The van der Waals surface area contributed by atoms with Crippen LogP contribution in [-0.4, -0.2) is 15.0 Å². The minimum atomic E-state index is -0.512. The Balaban J connectivity index is 1.13. The van der Waals surface area contributed by atoms with Crippen molar-refractivity contribution in [3.05, 3.63) is 277 Å². The molecule has 1 spiro atoms. The van der Waals surface area contributed by atoms with Crippen LogP contribution < -0.4 is 0 Å². The zero-order valence-corrected chi connectivity index (χ0v) is 37.6. The van der Waals surface area contributed by atoms with Crippen molar-refractivity contribution in [3.8, 4) is 89.8 Å². The van der Waals surface area contributed by atoms with Gasteiger partial charge in [0.15, 0.2) is 17.5 Å². The molecule has 0 aliphatic heterocycles. The monoisotopic (exact) mass is 867 g/mol. The van der Waals surface area contributed by atoms with Crippen LogP contribution in [0.1, 0.15) is 34.7 Å². The van der Waals surface area contributed by atoms with Gasteiger partial charge in [-0.3, -0.25) is 0 Å². The van der Waals surface area contributed by atoms with Crippen LogP contribution in [0.4, 0.5) is 0 Å². The number of hydrogen-bond donors (Lipinski definition) is 0. The minimum Gasteiger partial charge on any atom is -0.208 e. The highest BCUT2D eigenvalue weighted by Crippen LogP contribution is 2.63. The van der Waals surface area contributed by atoms with Crippen LogP contribution in [-0.2, 0) is 5.41 Å². The first kappa shape index (κ1) is 40.7. The van der Waals surface area contributed by atoms with Crippen molar-refractivity contribution in [1.29, 1.82) is 0 Å². The van der Waals surface area contributed by atoms with Gasteiger partial charge in [-0.05, 0) is 138 Å². The van der Waals surface area contributed by atoms with E-state index in [2.05, 4.69) is 243 Å². The second-order valence-electron chi connectivity index (χ2n) is 17.5. The normalized spacial score (nSPS) is 13.0. The lowest BCUT2D eigenvalue weighted by Crippen LogP contribution is -2.25. The fourth-order valence-corrected chi connectivity index (χ4v) is 10.6. The lowest BCUT2D eigenvalue weighted by atomic mass is 9.70. The Kier molecular flexibility index (Phi) is 10.1. The molecule has 68 heavy (non-hydrogen) atoms. The molecule has 2 aliphatic rings. The van der Waals surface area contributed by atoms with Gasteiger partial charge in [-0.2, -0.15) is 0 Å². The van der Waals surface area contributed by atoms with Crippen LogP contribution >= 0.6 is 0 Å². The van der Waals surface area contributed by atoms with Crippen LogP contribution in [0.3, 0.4) is 0 Å². The quantitative estimate of drug-likeness (QED) is 0.136. The molecule has 0 radical (unpaired) electrons. The molecular formula is C65H45N3. The Morgan fingerprint density at radius 2 is 0.750 bits per heavy atom. The van der Waals surface area contributed by atoms with Crippen molar-refractivity contribution in [1.82, 2.24) is 15.0 Å². The predicted molar refractivity (Wildman–Crippen MR) is 282 cm³/mol. The number of aromatic nitrogens is 3. The standard InChI is InChI=1S/C65H45N3/c1-3-20-43(21-4-2)48-36-49(44-22-8-5-9-23-44)39-52(38-48)63-66-62(67-64(68-63)53-40-50(45-24-10-6-11-25-45)37-51(41-53)46-26-12-7-13-27-46)47-34-35-57-56-30-16-19-33-60(56)65(61(57)42-47)58-31-17-14-28-54(58)55-29-15-18-32-59(55)65/h3-42H,1H2,2H3/b21-4-,43-20+. The first-order chi connectivity index (χ1) is 33.6. The highest BCUT2D eigenvalue weighted by atomic mass is 15.0. The topological polar surface area (TPSA) is 38.7 Å². The van der Waals surface area contributed by atoms with Crippen LogP contribution in [0, 0.1) is 0 Å². The molecule has 0 fully saturated rings. The molecule has 10 aromatic rings. The Hall–Kier alpha value is -8.79. The molecule has 320 valence electrons. The van der Waals surface area contributed by atoms with Crippen LogP contribution in [0.2, 0.25) is 0 Å². The number of hydrogen-bond acceptors (Lipinski definition) is 3. The molecule has 0 unspecified atom stereocenters. The van der Waals surface area contributed by atoms with E-state index in [0.717, 1.165) is 61.2 Å². The van der Waals surface area contributed by atoms with Crippen molar-refractivity contribution in [3.63, 3.8) is 0 Å². The first-order valence-corrected chi connectivity index (χ1v) is 23.2. The maximum absolute atomic E-state index is 5.49. The van der Waals surface area contributed by atoms with Gasteiger partial charge < -0.3 is 0 Å². The maximum Gasteiger partial charge on any atom is 0.164 e. The molecule has 0 saturated carbocycles. The summed E-state index contributed by atoms with van der Waals surface area (Å²) in [5.41, 5.74) is 21.0. The van der Waals surface area contributed by atoms with E-state index < -0.39 is 5.41 Å². The predicted octanol–water partition coefficient (Wildman–Crippen LogP) is 16.4. The summed E-state index contributed by atoms with van der Waals surface area (Å²) in [5.74, 6) is 1.78. The fourth-order valence-electron chi connectivity index (χ4n) is 10.6. The van der Waals surface area contributed by atoms with Crippen molar-refractivity contribution in [2.24, 2.45) is 0 Å². The van der Waals surface area contributed by atoms with Crippen molar-refractivity contribution in [2.45, 2.75) is 12.3 Å². The summed E-state index contributed by atoms with van der Waals surface area (Å²) in [6.45, 7) is 6.10. The van der Waals surface area contributed by atoms with Gasteiger partial charge in [0.2, 0.25) is 0 Å². The SMILES string of the molecule is C=C/C=C(\C=C/C)c1cc(-c2ccccc2)cc(-c2nc(-c3cc(-c4ccccc4)cc(-c4ccccc4)c3)nc(-c3ccc4c(c3)C3(c5ccccc5-c5ccccc53)c3ccccc3-4)n2)c1. The molecule has 3 heteroatoms. The molecule has 0 bridgehead atoms. The van der Waals surface area contributed by atoms with Crippen LogP contribution in [0.15, 0.2) is 249 Å². The van der Waals surface area contributed by atoms with E-state index in [4.69, 9.17) is 15.0 Å². The highest BCUT2D eigenvalue weighted by molar-refractivity contribution is 5.96. The van der Waals surface area contributed by atoms with E-state index in [1.807, 2.05) is 13.0 Å². The summed E-state index contributed by atoms with van der Waals surface area (Å²) in [6, 6.07) is 78.6. The second kappa shape index (κ2) is 16.9. The minimum absolute atomic E-state index is 0.512. The summed E-state index contributed by atoms with van der Waals surface area (Å²) >= 11 is 0. The average molecular weight is 868 g/mol. The van der Waals surface area contributed by atoms with Gasteiger partial charge in [-0.25, -0.2) is 15.0 Å². The smallest absolute Gasteiger partial charge is 0.164 e. The van der Waals surface area contributed by atoms with E-state index in [1.54, 1.807) is 0 Å². The molecule has 0 amide bonds. The number of nitrogens with zero attached hydrogens (tertiary/aromatic N) is 3. The van der Waals surface area contributed by atoms with E-state index in [0.29, 0.717) is 17.5 Å². The zero-order chi connectivity index (χ0) is 45.6. The molecule has 1 heterocycles. The molecular weight excluding hydrogens is 823 g/mol. The highest BCUT2D eigenvalue weighted by Gasteiger charge is 2.51. The van der Waals surface area contributed by atoms with Crippen molar-refractivity contribution >= 4 is 5.57 Å². The van der Waals surface area contributed by atoms with Gasteiger partial charge in [-0.15, -0.1) is 0 Å². The number of benzene rings is 9. The summed E-state index contributed by atoms with van der Waals surface area (Å²) in [7, 11) is 0. The molecule has 0 N–H and O–H groups in total. The zero-order valence-electron chi connectivity index (χ0n) is 37.6. The average Bonchev–Trinajstić information content (AvgIpc) is 3.88. The molecule has 0 atom stereocenters. The van der Waals surface area contributed by atoms with E-state index >= 15 is 0 Å². The molecule has 12 rings (SSSR count). The molecule has 0 saturated heterocycles. The third-order valence-electron chi connectivity index (χ3n) is 13.6. The molecule has 3 nitrogen and oxygen atoms in total. The Morgan fingerprint density at radius 1 is 0.368 bits per heavy atom. The largest absolute Gasteiger partial charge is 0.208 e. The van der Waals surface area contributed by atoms with Gasteiger partial charge in [-0.1, -0.05) is 207 Å². The Labute approximate surface area is 397 Å². The molecule has 1 aromatic heterocycles. The summed E-state index contributed by atoms with van der Waals surface area (Å²) in [4.78, 5) is 16.4. The second-order valence-corrected chi connectivity index (χ2v) is 17.5. The fraction of sp³-hybridized carbons (Fsp3) is 0.0308. The van der Waals surface area contributed by atoms with Crippen molar-refractivity contribution < 1.29 is 0 Å².